The highest BCUT2D eigenvalue weighted by molar-refractivity contribution is 7.92. The van der Waals surface area contributed by atoms with Gasteiger partial charge in [0, 0.05) is 18.1 Å². The van der Waals surface area contributed by atoms with Crippen molar-refractivity contribution in [1.82, 2.24) is 10.2 Å². The van der Waals surface area contributed by atoms with E-state index in [0.29, 0.717) is 23.7 Å². The van der Waals surface area contributed by atoms with Crippen LogP contribution in [0.2, 0.25) is 5.02 Å². The molecule has 0 aliphatic heterocycles. The van der Waals surface area contributed by atoms with E-state index in [-0.39, 0.29) is 17.3 Å². The normalized spacial score (nSPS) is 12.1. The van der Waals surface area contributed by atoms with Gasteiger partial charge in [0.1, 0.15) is 12.6 Å². The van der Waals surface area contributed by atoms with E-state index in [1.54, 1.807) is 60.7 Å². The highest BCUT2D eigenvalue weighted by Crippen LogP contribution is 2.27. The zero-order valence-electron chi connectivity index (χ0n) is 23.8. The number of aryl methyl sites for hydroxylation is 3. The van der Waals surface area contributed by atoms with Crippen LogP contribution in [-0.4, -0.2) is 44.3 Å². The Kier molecular flexibility index (Phi) is 10.8. The number of benzene rings is 3. The first-order valence-electron chi connectivity index (χ1n) is 13.5. The molecule has 0 heterocycles. The summed E-state index contributed by atoms with van der Waals surface area (Å²) in [6.45, 7) is 9.57. The van der Waals surface area contributed by atoms with Crippen LogP contribution in [0.5, 0.6) is 0 Å². The van der Waals surface area contributed by atoms with Gasteiger partial charge in [0.15, 0.2) is 0 Å². The van der Waals surface area contributed by atoms with Crippen LogP contribution in [0.15, 0.2) is 71.6 Å². The Balaban J connectivity index is 2.08. The number of hydrogen-bond acceptors (Lipinski definition) is 4. The molecule has 3 rings (SSSR count). The van der Waals surface area contributed by atoms with Gasteiger partial charge in [-0.25, -0.2) is 8.42 Å². The molecular weight excluding hydrogens is 546 g/mol. The quantitative estimate of drug-likeness (QED) is 0.292. The van der Waals surface area contributed by atoms with E-state index in [4.69, 9.17) is 11.6 Å². The highest BCUT2D eigenvalue weighted by Gasteiger charge is 2.33. The first kappa shape index (κ1) is 31.2. The summed E-state index contributed by atoms with van der Waals surface area (Å²) in [5.74, 6) is -0.755. The highest BCUT2D eigenvalue weighted by atomic mass is 35.5. The maximum absolute atomic E-state index is 14.1. The number of amides is 2. The van der Waals surface area contributed by atoms with E-state index in [2.05, 4.69) is 5.32 Å². The first-order valence-corrected chi connectivity index (χ1v) is 15.3. The van der Waals surface area contributed by atoms with E-state index >= 15 is 0 Å². The molecule has 0 aliphatic rings. The minimum Gasteiger partial charge on any atom is -0.354 e. The number of nitrogens with one attached hydrogen (secondary N) is 1. The van der Waals surface area contributed by atoms with Crippen molar-refractivity contribution in [2.75, 3.05) is 17.4 Å². The predicted octanol–water partition coefficient (Wildman–Crippen LogP) is 5.79. The summed E-state index contributed by atoms with van der Waals surface area (Å²) in [4.78, 5) is 28.8. The van der Waals surface area contributed by atoms with E-state index in [1.807, 2.05) is 40.7 Å². The number of carbonyl (C=O) groups excluding carboxylic acids is 2. The summed E-state index contributed by atoms with van der Waals surface area (Å²) < 4.78 is 29.1. The van der Waals surface area contributed by atoms with E-state index in [9.17, 15) is 18.0 Å². The largest absolute Gasteiger partial charge is 0.354 e. The van der Waals surface area contributed by atoms with Crippen LogP contribution in [0, 0.1) is 20.8 Å². The maximum Gasteiger partial charge on any atom is 0.264 e. The molecule has 0 radical (unpaired) electrons. The number of rotatable bonds is 12. The van der Waals surface area contributed by atoms with E-state index in [1.165, 1.54) is 4.90 Å². The standard InChI is InChI=1S/C31H38ClN3O4S/c1-6-16-33-31(37)29(7-2)34(20-25-10-12-26(32)13-11-25)30(36)21-35(27-18-23(4)17-24(5)19-27)40(38,39)28-14-8-22(3)9-15-28/h8-15,17-19,29H,6-7,16,20-21H2,1-5H3,(H,33,37)/t29-/m0/s1. The van der Waals surface area contributed by atoms with Crippen molar-refractivity contribution in [1.29, 1.82) is 0 Å². The lowest BCUT2D eigenvalue weighted by atomic mass is 10.1. The molecule has 0 bridgehead atoms. The zero-order valence-corrected chi connectivity index (χ0v) is 25.3. The number of anilines is 1. The molecule has 3 aromatic carbocycles. The molecular formula is C31H38ClN3O4S. The molecule has 214 valence electrons. The summed E-state index contributed by atoms with van der Waals surface area (Å²) in [5.41, 5.74) is 3.83. The van der Waals surface area contributed by atoms with Crippen LogP contribution in [0.1, 0.15) is 48.9 Å². The lowest BCUT2D eigenvalue weighted by molar-refractivity contribution is -0.140. The fourth-order valence-electron chi connectivity index (χ4n) is 4.53. The van der Waals surface area contributed by atoms with E-state index < -0.39 is 28.5 Å². The van der Waals surface area contributed by atoms with Gasteiger partial charge in [0.25, 0.3) is 10.0 Å². The second-order valence-corrected chi connectivity index (χ2v) is 12.3. The molecule has 1 atom stereocenters. The van der Waals surface area contributed by atoms with Crippen LogP contribution >= 0.6 is 11.6 Å². The Morgan fingerprint density at radius 1 is 0.875 bits per heavy atom. The van der Waals surface area contributed by atoms with Gasteiger partial charge >= 0.3 is 0 Å². The Hall–Kier alpha value is -3.36. The first-order chi connectivity index (χ1) is 19.0. The van der Waals surface area contributed by atoms with Gasteiger partial charge in [-0.1, -0.05) is 61.3 Å². The van der Waals surface area contributed by atoms with Crippen LogP contribution in [0.4, 0.5) is 5.69 Å². The van der Waals surface area contributed by atoms with Gasteiger partial charge in [-0.05, 0) is 86.7 Å². The third-order valence-electron chi connectivity index (χ3n) is 6.58. The average Bonchev–Trinajstić information content (AvgIpc) is 2.91. The molecule has 7 nitrogen and oxygen atoms in total. The number of nitrogens with zero attached hydrogens (tertiary/aromatic N) is 2. The summed E-state index contributed by atoms with van der Waals surface area (Å²) in [6.07, 6.45) is 1.12. The summed E-state index contributed by atoms with van der Waals surface area (Å²) >= 11 is 6.07. The van der Waals surface area contributed by atoms with Crippen molar-refractivity contribution in [3.05, 3.63) is 94.0 Å². The van der Waals surface area contributed by atoms with Crippen molar-refractivity contribution < 1.29 is 18.0 Å². The van der Waals surface area contributed by atoms with Gasteiger partial charge in [-0.2, -0.15) is 0 Å². The number of hydrogen-bond donors (Lipinski definition) is 1. The van der Waals surface area contributed by atoms with Crippen LogP contribution in [0.25, 0.3) is 0 Å². The van der Waals surface area contributed by atoms with Crippen molar-refractivity contribution in [3.8, 4) is 0 Å². The van der Waals surface area contributed by atoms with Gasteiger partial charge < -0.3 is 10.2 Å². The zero-order chi connectivity index (χ0) is 29.4. The third-order valence-corrected chi connectivity index (χ3v) is 8.62. The maximum atomic E-state index is 14.1. The molecule has 0 aliphatic carbocycles. The lowest BCUT2D eigenvalue weighted by Crippen LogP contribution is -2.52. The number of halogens is 1. The molecule has 40 heavy (non-hydrogen) atoms. The van der Waals surface area contributed by atoms with Crippen molar-refractivity contribution in [2.24, 2.45) is 0 Å². The second kappa shape index (κ2) is 13.8. The molecule has 0 saturated heterocycles. The SMILES string of the molecule is CCCNC(=O)[C@H](CC)N(Cc1ccc(Cl)cc1)C(=O)CN(c1cc(C)cc(C)c1)S(=O)(=O)c1ccc(C)cc1. The molecule has 9 heteroatoms. The minimum atomic E-state index is -4.11. The van der Waals surface area contributed by atoms with Gasteiger partial charge in [-0.15, -0.1) is 0 Å². The molecule has 0 aromatic heterocycles. The number of sulfonamides is 1. The van der Waals surface area contributed by atoms with Gasteiger partial charge in [-0.3, -0.25) is 13.9 Å². The molecule has 0 saturated carbocycles. The fourth-order valence-corrected chi connectivity index (χ4v) is 6.06. The number of carbonyl (C=O) groups is 2. The predicted molar refractivity (Wildman–Crippen MR) is 161 cm³/mol. The lowest BCUT2D eigenvalue weighted by Gasteiger charge is -2.33. The Morgan fingerprint density at radius 3 is 2.02 bits per heavy atom. The Bertz CT molecular complexity index is 1400. The molecule has 0 spiro atoms. The Morgan fingerprint density at radius 2 is 1.48 bits per heavy atom. The molecule has 3 aromatic rings. The summed E-state index contributed by atoms with van der Waals surface area (Å²) in [6, 6.07) is 18.3. The van der Waals surface area contributed by atoms with E-state index in [0.717, 1.165) is 33.0 Å². The van der Waals surface area contributed by atoms with Gasteiger partial charge in [0.2, 0.25) is 11.8 Å². The van der Waals surface area contributed by atoms with Crippen LogP contribution in [-0.2, 0) is 26.2 Å². The molecule has 1 N–H and O–H groups in total. The minimum absolute atomic E-state index is 0.0852. The van der Waals surface area contributed by atoms with Crippen LogP contribution in [0.3, 0.4) is 0 Å². The second-order valence-electron chi connectivity index (χ2n) is 10.0. The molecule has 2 amide bonds. The topological polar surface area (TPSA) is 86.8 Å². The Labute approximate surface area is 243 Å². The third kappa shape index (κ3) is 7.86. The monoisotopic (exact) mass is 583 g/mol. The molecule has 0 fully saturated rings. The fraction of sp³-hybridized carbons (Fsp3) is 0.355. The summed E-state index contributed by atoms with van der Waals surface area (Å²) in [5, 5.41) is 3.44. The smallest absolute Gasteiger partial charge is 0.264 e. The van der Waals surface area contributed by atoms with Crippen LogP contribution < -0.4 is 9.62 Å². The average molecular weight is 584 g/mol. The van der Waals surface area contributed by atoms with Crippen molar-refractivity contribution in [3.63, 3.8) is 0 Å². The molecule has 0 unspecified atom stereocenters. The summed E-state index contributed by atoms with van der Waals surface area (Å²) in [7, 11) is -4.11. The van der Waals surface area contributed by atoms with Crippen molar-refractivity contribution >= 4 is 39.1 Å². The van der Waals surface area contributed by atoms with Crippen molar-refractivity contribution in [2.45, 2.75) is 64.9 Å². The van der Waals surface area contributed by atoms with Gasteiger partial charge in [0.05, 0.1) is 10.6 Å².